The molecule has 0 saturated heterocycles. The quantitative estimate of drug-likeness (QED) is 0.458. The van der Waals surface area contributed by atoms with Crippen LogP contribution in [-0.4, -0.2) is 18.7 Å². The molecular weight excluding hydrogens is 394 g/mol. The van der Waals surface area contributed by atoms with Gasteiger partial charge in [0.1, 0.15) is 11.5 Å². The Morgan fingerprint density at radius 3 is 2.45 bits per heavy atom. The molecule has 3 aromatic carbocycles. The van der Waals surface area contributed by atoms with Gasteiger partial charge in [-0.1, -0.05) is 36.4 Å². The molecule has 6 nitrogen and oxygen atoms in total. The van der Waals surface area contributed by atoms with Gasteiger partial charge in [-0.15, -0.1) is 0 Å². The van der Waals surface area contributed by atoms with Gasteiger partial charge in [-0.25, -0.2) is 9.79 Å². The standard InChI is InChI=1S/C25H15NO5/c27-25-23(26-24(31-25)15-6-2-1-3-7-15)18-13-21(30-19-9-5-4-8-17(18)19)16-10-11-20-22(12-16)29-14-28-20/h1-13H,14H2/b23-18-. The molecule has 3 aliphatic rings. The molecule has 3 heterocycles. The Balaban J connectivity index is 1.51. The number of esters is 1. The summed E-state index contributed by atoms with van der Waals surface area (Å²) in [6.45, 7) is 0.194. The van der Waals surface area contributed by atoms with E-state index < -0.39 is 5.97 Å². The van der Waals surface area contributed by atoms with Crippen molar-refractivity contribution in [3.8, 4) is 17.2 Å². The van der Waals surface area contributed by atoms with Crippen molar-refractivity contribution in [2.75, 3.05) is 6.79 Å². The van der Waals surface area contributed by atoms with Crippen molar-refractivity contribution < 1.29 is 23.7 Å². The van der Waals surface area contributed by atoms with Gasteiger partial charge in [-0.05, 0) is 42.5 Å². The first-order valence-corrected chi connectivity index (χ1v) is 9.76. The van der Waals surface area contributed by atoms with Crippen LogP contribution in [0.5, 0.6) is 17.2 Å². The highest BCUT2D eigenvalue weighted by Crippen LogP contribution is 2.42. The van der Waals surface area contributed by atoms with Crippen LogP contribution in [0.15, 0.2) is 89.6 Å². The van der Waals surface area contributed by atoms with E-state index in [0.717, 1.165) is 16.7 Å². The van der Waals surface area contributed by atoms with E-state index in [4.69, 9.17) is 18.9 Å². The van der Waals surface area contributed by atoms with Gasteiger partial charge in [0.25, 0.3) is 0 Å². The Bertz CT molecular complexity index is 1320. The number of carbonyl (C=O) groups excluding carboxylic acids is 1. The number of aliphatic imine (C=N–C) groups is 1. The zero-order valence-corrected chi connectivity index (χ0v) is 16.2. The third kappa shape index (κ3) is 2.97. The highest BCUT2D eigenvalue weighted by molar-refractivity contribution is 6.15. The second kappa shape index (κ2) is 6.88. The van der Waals surface area contributed by atoms with Gasteiger partial charge in [0.05, 0.1) is 0 Å². The molecular formula is C25H15NO5. The third-order valence-electron chi connectivity index (χ3n) is 5.20. The minimum atomic E-state index is -0.494. The molecule has 0 spiro atoms. The number of fused-ring (bicyclic) bond motifs is 2. The molecule has 0 amide bonds. The first kappa shape index (κ1) is 17.5. The fraction of sp³-hybridized carbons (Fsp3) is 0.0400. The molecule has 3 aromatic rings. The van der Waals surface area contributed by atoms with Gasteiger partial charge in [-0.2, -0.15) is 0 Å². The maximum atomic E-state index is 12.8. The lowest BCUT2D eigenvalue weighted by molar-refractivity contribution is -0.129. The van der Waals surface area contributed by atoms with Gasteiger partial charge in [-0.3, -0.25) is 0 Å². The van der Waals surface area contributed by atoms with E-state index in [-0.39, 0.29) is 18.4 Å². The monoisotopic (exact) mass is 409 g/mol. The number of rotatable bonds is 2. The summed E-state index contributed by atoms with van der Waals surface area (Å²) in [7, 11) is 0. The van der Waals surface area contributed by atoms with Crippen LogP contribution in [0.2, 0.25) is 0 Å². The van der Waals surface area contributed by atoms with E-state index in [1.54, 1.807) is 0 Å². The molecule has 0 atom stereocenters. The summed E-state index contributed by atoms with van der Waals surface area (Å²) in [5, 5.41) is 0. The van der Waals surface area contributed by atoms with Crippen LogP contribution >= 0.6 is 0 Å². The predicted octanol–water partition coefficient (Wildman–Crippen LogP) is 4.56. The maximum Gasteiger partial charge on any atom is 0.364 e. The first-order chi connectivity index (χ1) is 15.3. The van der Waals surface area contributed by atoms with E-state index in [1.165, 1.54) is 0 Å². The number of allylic oxidation sites excluding steroid dienone is 2. The van der Waals surface area contributed by atoms with Gasteiger partial charge in [0.15, 0.2) is 17.2 Å². The number of carbonyl (C=O) groups is 1. The highest BCUT2D eigenvalue weighted by atomic mass is 16.7. The number of hydrogen-bond acceptors (Lipinski definition) is 6. The van der Waals surface area contributed by atoms with Crippen LogP contribution in [0.25, 0.3) is 11.3 Å². The van der Waals surface area contributed by atoms with E-state index in [0.29, 0.717) is 28.6 Å². The number of ether oxygens (including phenoxy) is 4. The number of nitrogens with zero attached hydrogens (tertiary/aromatic N) is 1. The minimum absolute atomic E-state index is 0.194. The summed E-state index contributed by atoms with van der Waals surface area (Å²) in [6.07, 6.45) is 1.81. The number of benzene rings is 3. The molecule has 6 heteroatoms. The highest BCUT2D eigenvalue weighted by Gasteiger charge is 2.31. The number of para-hydroxylation sites is 1. The maximum absolute atomic E-state index is 12.8. The van der Waals surface area contributed by atoms with E-state index in [9.17, 15) is 4.79 Å². The molecule has 0 aromatic heterocycles. The summed E-state index contributed by atoms with van der Waals surface area (Å²) in [6, 6.07) is 22.5. The van der Waals surface area contributed by atoms with Gasteiger partial charge >= 0.3 is 5.97 Å². The fourth-order valence-electron chi connectivity index (χ4n) is 3.70. The SMILES string of the molecule is O=C1OC(c2ccccc2)=N/C1=C1/C=C(c2ccc3c(c2)OCO3)Oc2ccccc21. The van der Waals surface area contributed by atoms with E-state index in [2.05, 4.69) is 4.99 Å². The zero-order chi connectivity index (χ0) is 20.8. The van der Waals surface area contributed by atoms with E-state index >= 15 is 0 Å². The Morgan fingerprint density at radius 2 is 1.55 bits per heavy atom. The Labute approximate surface area is 177 Å². The Kier molecular flexibility index (Phi) is 3.89. The second-order valence-corrected chi connectivity index (χ2v) is 7.11. The van der Waals surface area contributed by atoms with Crippen LogP contribution in [-0.2, 0) is 9.53 Å². The molecule has 0 N–H and O–H groups in total. The normalized spacial score (nSPS) is 18.6. The van der Waals surface area contributed by atoms with Crippen molar-refractivity contribution in [2.45, 2.75) is 0 Å². The summed E-state index contributed by atoms with van der Waals surface area (Å²) in [4.78, 5) is 17.3. The Morgan fingerprint density at radius 1 is 0.742 bits per heavy atom. The summed E-state index contributed by atoms with van der Waals surface area (Å²) in [5.74, 6) is 2.35. The molecule has 3 aliphatic heterocycles. The summed E-state index contributed by atoms with van der Waals surface area (Å²) in [5.41, 5.74) is 3.21. The summed E-state index contributed by atoms with van der Waals surface area (Å²) < 4.78 is 22.5. The number of hydrogen-bond donors (Lipinski definition) is 0. The molecule has 6 rings (SSSR count). The molecule has 31 heavy (non-hydrogen) atoms. The third-order valence-corrected chi connectivity index (χ3v) is 5.20. The average Bonchev–Trinajstić information content (AvgIpc) is 3.45. The van der Waals surface area contributed by atoms with Crippen molar-refractivity contribution in [1.29, 1.82) is 0 Å². The van der Waals surface area contributed by atoms with Crippen LogP contribution in [0.1, 0.15) is 16.7 Å². The lowest BCUT2D eigenvalue weighted by atomic mass is 9.97. The largest absolute Gasteiger partial charge is 0.456 e. The van der Waals surface area contributed by atoms with Crippen LogP contribution in [0.4, 0.5) is 0 Å². The summed E-state index contributed by atoms with van der Waals surface area (Å²) >= 11 is 0. The molecule has 150 valence electrons. The van der Waals surface area contributed by atoms with Gasteiger partial charge < -0.3 is 18.9 Å². The van der Waals surface area contributed by atoms with Crippen LogP contribution < -0.4 is 14.2 Å². The van der Waals surface area contributed by atoms with Gasteiger partial charge in [0, 0.05) is 22.3 Å². The fourth-order valence-corrected chi connectivity index (χ4v) is 3.70. The van der Waals surface area contributed by atoms with Crippen molar-refractivity contribution in [3.63, 3.8) is 0 Å². The second-order valence-electron chi connectivity index (χ2n) is 7.11. The molecule has 0 radical (unpaired) electrons. The predicted molar refractivity (Wildman–Crippen MR) is 114 cm³/mol. The molecule has 0 unspecified atom stereocenters. The molecule has 0 saturated carbocycles. The molecule has 0 bridgehead atoms. The average molecular weight is 409 g/mol. The number of cyclic esters (lactones) is 1. The molecule has 0 fully saturated rings. The van der Waals surface area contributed by atoms with Crippen LogP contribution in [0, 0.1) is 0 Å². The lowest BCUT2D eigenvalue weighted by Crippen LogP contribution is -2.08. The van der Waals surface area contributed by atoms with Crippen molar-refractivity contribution in [2.24, 2.45) is 4.99 Å². The van der Waals surface area contributed by atoms with Gasteiger partial charge in [0.2, 0.25) is 12.7 Å². The zero-order valence-electron chi connectivity index (χ0n) is 16.2. The Hall–Kier alpha value is -4.32. The topological polar surface area (TPSA) is 66.4 Å². The van der Waals surface area contributed by atoms with Crippen molar-refractivity contribution in [1.82, 2.24) is 0 Å². The minimum Gasteiger partial charge on any atom is -0.456 e. The van der Waals surface area contributed by atoms with E-state index in [1.807, 2.05) is 78.9 Å². The van der Waals surface area contributed by atoms with Crippen molar-refractivity contribution in [3.05, 3.63) is 101 Å². The molecule has 0 aliphatic carbocycles. The lowest BCUT2D eigenvalue weighted by Gasteiger charge is -2.20. The first-order valence-electron chi connectivity index (χ1n) is 9.76. The van der Waals surface area contributed by atoms with Crippen LogP contribution in [0.3, 0.4) is 0 Å². The van der Waals surface area contributed by atoms with Crippen molar-refractivity contribution >= 4 is 23.2 Å². The smallest absolute Gasteiger partial charge is 0.364 e.